The van der Waals surface area contributed by atoms with E-state index in [4.69, 9.17) is 31.1 Å². The van der Waals surface area contributed by atoms with Gasteiger partial charge in [-0.3, -0.25) is 4.99 Å². The molecule has 2 N–H and O–H groups in total. The van der Waals surface area contributed by atoms with Gasteiger partial charge in [0.15, 0.2) is 11.4 Å². The molecule has 0 amide bonds. The summed E-state index contributed by atoms with van der Waals surface area (Å²) in [6.45, 7) is 9.11. The highest BCUT2D eigenvalue weighted by Crippen LogP contribution is 2.62. The number of methoxy groups -OCH3 is 1. The predicted molar refractivity (Wildman–Crippen MR) is 120 cm³/mol. The van der Waals surface area contributed by atoms with E-state index < -0.39 is 18.5 Å². The molecule has 1 fully saturated rings. The van der Waals surface area contributed by atoms with Gasteiger partial charge in [0.25, 0.3) is 0 Å². The Morgan fingerprint density at radius 2 is 2.00 bits per heavy atom. The van der Waals surface area contributed by atoms with E-state index in [1.54, 1.807) is 6.07 Å². The molecular weight excluding hydrogens is 391 g/mol. The zero-order valence-electron chi connectivity index (χ0n) is 20.3. The second-order valence-corrected chi connectivity index (χ2v) is 8.82. The van der Waals surface area contributed by atoms with Crippen LogP contribution < -0.4 is 5.73 Å². The van der Waals surface area contributed by atoms with Crippen LogP contribution >= 0.6 is 0 Å². The van der Waals surface area contributed by atoms with Gasteiger partial charge in [-0.25, -0.2) is 14.2 Å². The minimum absolute atomic E-state index is 0.242. The summed E-state index contributed by atoms with van der Waals surface area (Å²) in [5.41, 5.74) is 9.37. The average molecular weight is 420 g/mol. The summed E-state index contributed by atoms with van der Waals surface area (Å²) in [5, 5.41) is 0. The fourth-order valence-electron chi connectivity index (χ4n) is 5.54. The third-order valence-electron chi connectivity index (χ3n) is 7.14. The Labute approximate surface area is 185 Å². The number of benzene rings is 2. The van der Waals surface area contributed by atoms with Crippen molar-refractivity contribution in [3.63, 3.8) is 0 Å². The fourth-order valence-corrected chi connectivity index (χ4v) is 5.54. The molecule has 1 heterocycles. The van der Waals surface area contributed by atoms with E-state index in [1.165, 1.54) is 12.1 Å². The lowest BCUT2D eigenvalue weighted by molar-refractivity contribution is -0.000371. The van der Waals surface area contributed by atoms with Crippen LogP contribution in [0, 0.1) is 17.8 Å². The van der Waals surface area contributed by atoms with E-state index in [2.05, 4.69) is 4.85 Å². The Balaban J connectivity index is 1.57. The van der Waals surface area contributed by atoms with E-state index in [0.29, 0.717) is 42.8 Å². The number of ether oxygens (including phenoxy) is 1. The summed E-state index contributed by atoms with van der Waals surface area (Å²) in [6, 6.07) is 10.3. The second kappa shape index (κ2) is 7.00. The molecule has 2 aliphatic carbocycles. The first-order valence-corrected chi connectivity index (χ1v) is 10.5. The summed E-state index contributed by atoms with van der Waals surface area (Å²) >= 11 is 0. The highest BCUT2D eigenvalue weighted by Gasteiger charge is 2.60. The Bertz CT molecular complexity index is 1250. The molecule has 2 aromatic carbocycles. The smallest absolute Gasteiger partial charge is 0.190 e. The zero-order chi connectivity index (χ0) is 24.3. The van der Waals surface area contributed by atoms with E-state index in [9.17, 15) is 4.39 Å². The number of hydrogen-bond acceptors (Lipinski definition) is 4. The Kier molecular flexibility index (Phi) is 3.75. The molecule has 2 aromatic rings. The van der Waals surface area contributed by atoms with Crippen LogP contribution in [0.3, 0.4) is 0 Å². The van der Waals surface area contributed by atoms with Crippen LogP contribution in [0.5, 0.6) is 0 Å². The highest BCUT2D eigenvalue weighted by molar-refractivity contribution is 6.41. The number of nitrogens with two attached hydrogens (primary N) is 1. The van der Waals surface area contributed by atoms with Crippen molar-refractivity contribution in [3.05, 3.63) is 64.8 Å². The van der Waals surface area contributed by atoms with Crippen LogP contribution in [0.25, 0.3) is 16.0 Å². The van der Waals surface area contributed by atoms with Crippen molar-refractivity contribution >= 4 is 17.2 Å². The van der Waals surface area contributed by atoms with Crippen molar-refractivity contribution in [1.29, 1.82) is 0 Å². The largest absolute Gasteiger partial charge is 0.382 e. The average Bonchev–Trinajstić information content (AvgIpc) is 3.21. The SMILES string of the molecule is [2H]C([2H])([2H])O[C@H]1CC[C@]2(CC1)Cc1ccc(-c3cc(F)cc([N+]#[C-])c3)cc1C21N=C(C)C(N)=N1. The van der Waals surface area contributed by atoms with Gasteiger partial charge in [-0.1, -0.05) is 12.1 Å². The second-order valence-electron chi connectivity index (χ2n) is 8.82. The molecule has 2 spiro atoms. The molecule has 1 unspecified atom stereocenters. The number of amidine groups is 1. The summed E-state index contributed by atoms with van der Waals surface area (Å²) < 4.78 is 41.8. The van der Waals surface area contributed by atoms with Crippen LogP contribution in [-0.4, -0.2) is 24.7 Å². The first kappa shape index (κ1) is 16.6. The quantitative estimate of drug-likeness (QED) is 0.684. The van der Waals surface area contributed by atoms with Crippen molar-refractivity contribution in [2.45, 2.75) is 50.8 Å². The minimum atomic E-state index is -2.42. The topological polar surface area (TPSA) is 64.3 Å². The maximum atomic E-state index is 14.2. The monoisotopic (exact) mass is 419 g/mol. The highest BCUT2D eigenvalue weighted by atomic mass is 19.1. The molecule has 0 saturated heterocycles. The summed E-state index contributed by atoms with van der Waals surface area (Å²) in [5.74, 6) is -0.0562. The number of nitrogens with zero attached hydrogens (tertiary/aromatic N) is 3. The number of hydrogen-bond donors (Lipinski definition) is 1. The van der Waals surface area contributed by atoms with Crippen molar-refractivity contribution in [3.8, 4) is 11.1 Å². The maximum absolute atomic E-state index is 14.2. The lowest BCUT2D eigenvalue weighted by Crippen LogP contribution is -2.43. The molecule has 0 bridgehead atoms. The Morgan fingerprint density at radius 1 is 1.19 bits per heavy atom. The predicted octanol–water partition coefficient (Wildman–Crippen LogP) is 5.16. The minimum Gasteiger partial charge on any atom is -0.382 e. The van der Waals surface area contributed by atoms with Crippen LogP contribution in [0.4, 0.5) is 10.1 Å². The van der Waals surface area contributed by atoms with Crippen molar-refractivity contribution < 1.29 is 13.2 Å². The standard InChI is InChI=1S/C25H25FN4O/c1-15-23(27)30-25(29-15)22-12-16(18-10-19(26)13-20(11-18)28-2)4-5-17(22)14-24(25)8-6-21(31-3)7-9-24/h4-5,10-13,21H,6-9,14H2,1,3H3,(H2,27,30)/t21-,24-,25?/i3D3. The van der Waals surface area contributed by atoms with Crippen molar-refractivity contribution in [1.82, 2.24) is 0 Å². The van der Waals surface area contributed by atoms with Gasteiger partial charge in [0, 0.05) is 18.0 Å². The molecule has 31 heavy (non-hydrogen) atoms. The molecule has 5 nitrogen and oxygen atoms in total. The molecule has 3 aliphatic rings. The molecule has 1 saturated carbocycles. The van der Waals surface area contributed by atoms with Crippen LogP contribution in [0.1, 0.15) is 47.8 Å². The van der Waals surface area contributed by atoms with Crippen LogP contribution in [-0.2, 0) is 16.8 Å². The normalized spacial score (nSPS) is 30.9. The number of aliphatic imine (C=N–C) groups is 2. The molecule has 0 radical (unpaired) electrons. The molecule has 0 aromatic heterocycles. The first-order chi connectivity index (χ1) is 16.0. The van der Waals surface area contributed by atoms with Gasteiger partial charge in [0.1, 0.15) is 11.7 Å². The van der Waals surface area contributed by atoms with Crippen molar-refractivity contribution in [2.24, 2.45) is 21.1 Å². The molecular formula is C25H25FN4O. The number of rotatable bonds is 2. The third-order valence-corrected chi connectivity index (χ3v) is 7.14. The van der Waals surface area contributed by atoms with E-state index in [-0.39, 0.29) is 17.2 Å². The molecule has 1 aliphatic heterocycles. The van der Waals surface area contributed by atoms with Gasteiger partial charge >= 0.3 is 0 Å². The summed E-state index contributed by atoms with van der Waals surface area (Å²) in [4.78, 5) is 13.3. The lowest BCUT2D eigenvalue weighted by Gasteiger charge is -2.44. The molecule has 6 heteroatoms. The zero-order valence-corrected chi connectivity index (χ0v) is 17.3. The molecule has 158 valence electrons. The first-order valence-electron chi connectivity index (χ1n) is 12.0. The van der Waals surface area contributed by atoms with Gasteiger partial charge < -0.3 is 10.5 Å². The lowest BCUT2D eigenvalue weighted by atomic mass is 9.65. The van der Waals surface area contributed by atoms with Gasteiger partial charge in [-0.05, 0) is 80.0 Å². The maximum Gasteiger partial charge on any atom is 0.190 e. The van der Waals surface area contributed by atoms with Gasteiger partial charge in [-0.2, -0.15) is 0 Å². The fraction of sp³-hybridized carbons (Fsp3) is 0.400. The third kappa shape index (κ3) is 2.91. The van der Waals surface area contributed by atoms with Crippen LogP contribution in [0.2, 0.25) is 0 Å². The molecule has 5 rings (SSSR count). The molecule has 1 atom stereocenters. The van der Waals surface area contributed by atoms with E-state index in [1.807, 2.05) is 25.1 Å². The van der Waals surface area contributed by atoms with E-state index in [0.717, 1.165) is 23.1 Å². The number of halogens is 1. The van der Waals surface area contributed by atoms with Gasteiger partial charge in [0.2, 0.25) is 0 Å². The number of fused-ring (bicyclic) bond motifs is 3. The summed E-state index contributed by atoms with van der Waals surface area (Å²) in [7, 11) is -2.42. The van der Waals surface area contributed by atoms with E-state index >= 15 is 0 Å². The van der Waals surface area contributed by atoms with Crippen molar-refractivity contribution in [2.75, 3.05) is 7.04 Å². The van der Waals surface area contributed by atoms with Crippen LogP contribution in [0.15, 0.2) is 46.4 Å². The Morgan fingerprint density at radius 3 is 2.68 bits per heavy atom. The van der Waals surface area contributed by atoms with Gasteiger partial charge in [0.05, 0.1) is 22.5 Å². The summed E-state index contributed by atoms with van der Waals surface area (Å²) in [6.07, 6.45) is 3.02. The Hall–Kier alpha value is -3.04. The van der Waals surface area contributed by atoms with Gasteiger partial charge in [-0.15, -0.1) is 0 Å².